The van der Waals surface area contributed by atoms with Crippen molar-refractivity contribution in [2.75, 3.05) is 18.5 Å². The van der Waals surface area contributed by atoms with Gasteiger partial charge in [0.15, 0.2) is 17.3 Å². The molecule has 0 fully saturated rings. The van der Waals surface area contributed by atoms with Gasteiger partial charge < -0.3 is 14.8 Å². The molecule has 3 aromatic rings. The van der Waals surface area contributed by atoms with Gasteiger partial charge in [0.1, 0.15) is 0 Å². The van der Waals surface area contributed by atoms with E-state index in [4.69, 9.17) is 21.1 Å². The van der Waals surface area contributed by atoms with Crippen molar-refractivity contribution >= 4 is 23.3 Å². The quantitative estimate of drug-likeness (QED) is 0.534. The number of anilines is 1. The first-order valence-electron chi connectivity index (χ1n) is 9.58. The Balaban J connectivity index is 1.73. The highest BCUT2D eigenvalue weighted by molar-refractivity contribution is 6.32. The third-order valence-electron chi connectivity index (χ3n) is 4.09. The molecular formula is C22H24ClN3O3. The molecule has 0 aliphatic heterocycles. The maximum atomic E-state index is 12.7. The highest BCUT2D eigenvalue weighted by atomic mass is 35.5. The van der Waals surface area contributed by atoms with Gasteiger partial charge in [-0.3, -0.25) is 9.48 Å². The largest absolute Gasteiger partial charge is 0.490 e. The topological polar surface area (TPSA) is 65.4 Å². The molecule has 1 heterocycles. The number of amides is 1. The van der Waals surface area contributed by atoms with Gasteiger partial charge >= 0.3 is 0 Å². The lowest BCUT2D eigenvalue weighted by Gasteiger charge is -2.14. The molecule has 0 spiro atoms. The number of rotatable bonds is 9. The van der Waals surface area contributed by atoms with E-state index in [2.05, 4.69) is 10.4 Å². The van der Waals surface area contributed by atoms with E-state index in [0.29, 0.717) is 47.7 Å². The Hall–Kier alpha value is -2.99. The van der Waals surface area contributed by atoms with E-state index >= 15 is 0 Å². The Morgan fingerprint density at radius 2 is 1.93 bits per heavy atom. The van der Waals surface area contributed by atoms with E-state index in [9.17, 15) is 4.79 Å². The summed E-state index contributed by atoms with van der Waals surface area (Å²) < 4.78 is 13.1. The summed E-state index contributed by atoms with van der Waals surface area (Å²) in [5.74, 6) is 1.05. The zero-order chi connectivity index (χ0) is 20.6. The molecule has 2 aromatic carbocycles. The molecule has 0 unspecified atom stereocenters. The minimum absolute atomic E-state index is 0.320. The van der Waals surface area contributed by atoms with Crippen molar-refractivity contribution in [3.8, 4) is 11.5 Å². The van der Waals surface area contributed by atoms with Crippen LogP contribution in [0.2, 0.25) is 5.02 Å². The second kappa shape index (κ2) is 9.98. The Labute approximate surface area is 175 Å². The van der Waals surface area contributed by atoms with Crippen LogP contribution in [0.25, 0.3) is 0 Å². The minimum atomic E-state index is -0.320. The van der Waals surface area contributed by atoms with Crippen molar-refractivity contribution in [2.45, 2.75) is 26.8 Å². The normalized spacial score (nSPS) is 10.6. The van der Waals surface area contributed by atoms with E-state index in [1.54, 1.807) is 22.9 Å². The molecule has 0 saturated carbocycles. The highest BCUT2D eigenvalue weighted by Crippen LogP contribution is 2.37. The summed E-state index contributed by atoms with van der Waals surface area (Å²) in [6.45, 7) is 5.45. The van der Waals surface area contributed by atoms with Crippen LogP contribution in [0.15, 0.2) is 54.7 Å². The number of carbonyl (C=O) groups excluding carboxylic acids is 1. The van der Waals surface area contributed by atoms with Crippen molar-refractivity contribution in [3.05, 3.63) is 70.9 Å². The molecule has 1 amide bonds. The van der Waals surface area contributed by atoms with Crippen LogP contribution in [-0.4, -0.2) is 28.9 Å². The number of hydrogen-bond donors (Lipinski definition) is 1. The van der Waals surface area contributed by atoms with Crippen LogP contribution in [-0.2, 0) is 6.54 Å². The molecule has 152 valence electrons. The minimum Gasteiger partial charge on any atom is -0.490 e. The van der Waals surface area contributed by atoms with Gasteiger partial charge in [-0.15, -0.1) is 0 Å². The lowest BCUT2D eigenvalue weighted by molar-refractivity contribution is 0.102. The Bertz CT molecular complexity index is 957. The summed E-state index contributed by atoms with van der Waals surface area (Å²) in [5.41, 5.74) is 1.50. The fraction of sp³-hybridized carbons (Fsp3) is 0.273. The van der Waals surface area contributed by atoms with Gasteiger partial charge in [-0.25, -0.2) is 0 Å². The zero-order valence-corrected chi connectivity index (χ0v) is 17.3. The molecule has 7 heteroatoms. The molecule has 3 rings (SSSR count). The van der Waals surface area contributed by atoms with Crippen LogP contribution >= 0.6 is 11.6 Å². The van der Waals surface area contributed by atoms with Gasteiger partial charge in [0.25, 0.3) is 5.91 Å². The average molecular weight is 414 g/mol. The van der Waals surface area contributed by atoms with Crippen molar-refractivity contribution in [1.29, 1.82) is 0 Å². The van der Waals surface area contributed by atoms with E-state index in [1.165, 1.54) is 0 Å². The maximum absolute atomic E-state index is 12.7. The maximum Gasteiger partial charge on any atom is 0.257 e. The summed E-state index contributed by atoms with van der Waals surface area (Å²) in [6.07, 6.45) is 2.67. The van der Waals surface area contributed by atoms with Gasteiger partial charge in [-0.05, 0) is 31.0 Å². The molecule has 0 aliphatic rings. The van der Waals surface area contributed by atoms with Crippen molar-refractivity contribution in [2.24, 2.45) is 0 Å². The number of nitrogens with one attached hydrogen (secondary N) is 1. The first-order chi connectivity index (χ1) is 14.1. The molecular weight excluding hydrogens is 390 g/mol. The molecule has 1 N–H and O–H groups in total. The molecule has 0 bridgehead atoms. The molecule has 1 aromatic heterocycles. The van der Waals surface area contributed by atoms with Crippen LogP contribution < -0.4 is 14.8 Å². The monoisotopic (exact) mass is 413 g/mol. The SMILES string of the molecule is CCCOc1c(Cl)cc(C(=O)Nc2ccn(Cc3ccccc3)n2)cc1OCC. The molecule has 0 radical (unpaired) electrons. The van der Waals surface area contributed by atoms with Gasteiger partial charge in [-0.1, -0.05) is 48.9 Å². The smallest absolute Gasteiger partial charge is 0.257 e. The van der Waals surface area contributed by atoms with Gasteiger partial charge in [0, 0.05) is 17.8 Å². The number of halogens is 1. The van der Waals surface area contributed by atoms with Crippen LogP contribution in [0.1, 0.15) is 36.2 Å². The molecule has 6 nitrogen and oxygen atoms in total. The summed E-state index contributed by atoms with van der Waals surface area (Å²) in [4.78, 5) is 12.7. The number of aromatic nitrogens is 2. The fourth-order valence-corrected chi connectivity index (χ4v) is 3.05. The summed E-state index contributed by atoms with van der Waals surface area (Å²) in [5, 5.41) is 7.54. The van der Waals surface area contributed by atoms with Gasteiger partial charge in [0.05, 0.1) is 24.8 Å². The van der Waals surface area contributed by atoms with Crippen LogP contribution in [0.4, 0.5) is 5.82 Å². The second-order valence-corrected chi connectivity index (χ2v) is 6.81. The van der Waals surface area contributed by atoms with Crippen molar-refractivity contribution in [3.63, 3.8) is 0 Å². The zero-order valence-electron chi connectivity index (χ0n) is 16.5. The standard InChI is InChI=1S/C22H24ClN3O3/c1-3-12-29-21-18(23)13-17(14-19(21)28-4-2)22(27)24-20-10-11-26(25-20)15-16-8-6-5-7-9-16/h5-11,13-14H,3-4,12,15H2,1-2H3,(H,24,25,27). The van der Waals surface area contributed by atoms with Crippen molar-refractivity contribution < 1.29 is 14.3 Å². The third kappa shape index (κ3) is 5.51. The summed E-state index contributed by atoms with van der Waals surface area (Å²) in [6, 6.07) is 15.0. The van der Waals surface area contributed by atoms with Gasteiger partial charge in [-0.2, -0.15) is 5.10 Å². The predicted octanol–water partition coefficient (Wildman–Crippen LogP) is 5.02. The fourth-order valence-electron chi connectivity index (χ4n) is 2.78. The summed E-state index contributed by atoms with van der Waals surface area (Å²) in [7, 11) is 0. The lowest BCUT2D eigenvalue weighted by atomic mass is 10.2. The first-order valence-corrected chi connectivity index (χ1v) is 9.96. The first kappa shape index (κ1) is 20.7. The van der Waals surface area contributed by atoms with E-state index in [-0.39, 0.29) is 5.91 Å². The van der Waals surface area contributed by atoms with Crippen molar-refractivity contribution in [1.82, 2.24) is 9.78 Å². The Kier molecular flexibility index (Phi) is 7.14. The number of nitrogens with zero attached hydrogens (tertiary/aromatic N) is 2. The third-order valence-corrected chi connectivity index (χ3v) is 4.37. The van der Waals surface area contributed by atoms with Gasteiger partial charge in [0.2, 0.25) is 0 Å². The average Bonchev–Trinajstić information content (AvgIpc) is 3.15. The van der Waals surface area contributed by atoms with E-state index in [0.717, 1.165) is 12.0 Å². The number of ether oxygens (including phenoxy) is 2. The van der Waals surface area contributed by atoms with E-state index in [1.807, 2.05) is 50.4 Å². The number of benzene rings is 2. The second-order valence-electron chi connectivity index (χ2n) is 6.41. The Morgan fingerprint density at radius 3 is 2.66 bits per heavy atom. The highest BCUT2D eigenvalue weighted by Gasteiger charge is 2.17. The Morgan fingerprint density at radius 1 is 1.14 bits per heavy atom. The lowest BCUT2D eigenvalue weighted by Crippen LogP contribution is -2.13. The van der Waals surface area contributed by atoms with Crippen LogP contribution in [0, 0.1) is 0 Å². The van der Waals surface area contributed by atoms with Crippen LogP contribution in [0.5, 0.6) is 11.5 Å². The molecule has 0 saturated heterocycles. The summed E-state index contributed by atoms with van der Waals surface area (Å²) >= 11 is 6.34. The molecule has 0 aliphatic carbocycles. The number of hydrogen-bond acceptors (Lipinski definition) is 4. The molecule has 0 atom stereocenters. The van der Waals surface area contributed by atoms with Crippen LogP contribution in [0.3, 0.4) is 0 Å². The predicted molar refractivity (Wildman–Crippen MR) is 114 cm³/mol. The molecule has 29 heavy (non-hydrogen) atoms. The van der Waals surface area contributed by atoms with E-state index < -0.39 is 0 Å². The number of carbonyl (C=O) groups is 1.